The molecule has 0 radical (unpaired) electrons. The minimum absolute atomic E-state index is 0.0720. The molecule has 210 valence electrons. The molecule has 2 aliphatic heterocycles. The summed E-state index contributed by atoms with van der Waals surface area (Å²) in [6, 6.07) is -0.608. The topological polar surface area (TPSA) is 160 Å². The standard InChI is InChI=1S/C26H28F3N3O7/c1-31(2)19-12-7-9-6-11-16(14(33)8-10(13-4-5-32(13)3)17(11)26(27,28)29)20(34)15(9)22(36)24(12)25(38,39-24)18(21(19)35)23(30)37/h8-9,12-13,19,33-35,38H,4-7H2,1-3H3,(H2,30,37)/t9-,12-,13?,19-,24-,25?/m0/s1. The number of halogens is 3. The number of ketones is 1. The SMILES string of the molecule is CN1CCC1c1cc(O)c2c(c1C(F)(F)F)C[C@H]1C[C@H]3[C@H](N(C)C)C(O)=C(C(N)=O)C4(O)O[C@]34C(=O)C1=C2O. The van der Waals surface area contributed by atoms with Crippen molar-refractivity contribution in [3.8, 4) is 5.75 Å². The van der Waals surface area contributed by atoms with Gasteiger partial charge >= 0.3 is 6.18 Å². The fraction of sp³-hybridized carbons (Fsp3) is 0.538. The van der Waals surface area contributed by atoms with E-state index in [9.17, 15) is 43.2 Å². The number of aromatic hydroxyl groups is 1. The normalized spacial score (nSPS) is 35.7. The quantitative estimate of drug-likeness (QED) is 0.351. The van der Waals surface area contributed by atoms with Crippen LogP contribution in [0.4, 0.5) is 13.2 Å². The summed E-state index contributed by atoms with van der Waals surface area (Å²) in [6.07, 6.45) is -4.75. The number of likely N-dealkylation sites (N-methyl/N-ethyl adjacent to an activating group) is 1. The van der Waals surface area contributed by atoms with Gasteiger partial charge in [0.1, 0.15) is 22.8 Å². The Morgan fingerprint density at radius 1 is 1.26 bits per heavy atom. The lowest BCUT2D eigenvalue weighted by atomic mass is 9.58. The maximum absolute atomic E-state index is 14.6. The number of likely N-dealkylation sites (tertiary alicyclic amines) is 1. The molecule has 1 amide bonds. The zero-order valence-corrected chi connectivity index (χ0v) is 21.3. The minimum atomic E-state index is -4.81. The van der Waals surface area contributed by atoms with Gasteiger partial charge in [0.15, 0.2) is 5.60 Å². The molecule has 0 aromatic heterocycles. The third-order valence-corrected chi connectivity index (χ3v) is 9.19. The molecule has 1 aromatic carbocycles. The van der Waals surface area contributed by atoms with Gasteiger partial charge in [-0.3, -0.25) is 19.4 Å². The van der Waals surface area contributed by atoms with Gasteiger partial charge in [-0.15, -0.1) is 0 Å². The summed E-state index contributed by atoms with van der Waals surface area (Å²) in [7, 11) is 4.80. The molecular weight excluding hydrogens is 523 g/mol. The Balaban J connectivity index is 1.56. The van der Waals surface area contributed by atoms with Crippen LogP contribution in [0, 0.1) is 11.8 Å². The second-order valence-corrected chi connectivity index (χ2v) is 11.3. The Labute approximate surface area is 220 Å². The average molecular weight is 552 g/mol. The van der Waals surface area contributed by atoms with Crippen molar-refractivity contribution in [2.45, 2.75) is 48.9 Å². The molecule has 0 bridgehead atoms. The summed E-state index contributed by atoms with van der Waals surface area (Å²) in [6.45, 7) is 0.592. The van der Waals surface area contributed by atoms with Crippen molar-refractivity contribution >= 4 is 17.4 Å². The second-order valence-electron chi connectivity index (χ2n) is 11.3. The highest BCUT2D eigenvalue weighted by Crippen LogP contribution is 2.67. The van der Waals surface area contributed by atoms with Crippen molar-refractivity contribution in [1.82, 2.24) is 9.80 Å². The molecule has 2 heterocycles. The number of benzene rings is 1. The van der Waals surface area contributed by atoms with Crippen molar-refractivity contribution in [2.75, 3.05) is 27.7 Å². The smallest absolute Gasteiger partial charge is 0.417 e. The second kappa shape index (κ2) is 7.74. The minimum Gasteiger partial charge on any atom is -0.510 e. The predicted molar refractivity (Wildman–Crippen MR) is 128 cm³/mol. The highest BCUT2D eigenvalue weighted by Gasteiger charge is 2.86. The van der Waals surface area contributed by atoms with Crippen molar-refractivity contribution in [2.24, 2.45) is 17.6 Å². The van der Waals surface area contributed by atoms with E-state index >= 15 is 0 Å². The van der Waals surface area contributed by atoms with Crippen LogP contribution in [0.3, 0.4) is 0 Å². The number of phenols is 1. The van der Waals surface area contributed by atoms with Crippen molar-refractivity contribution < 1.29 is 47.9 Å². The summed E-state index contributed by atoms with van der Waals surface area (Å²) >= 11 is 0. The molecule has 2 unspecified atom stereocenters. The Hall–Kier alpha value is -3.13. The number of nitrogens with zero attached hydrogens (tertiary/aromatic N) is 2. The fourth-order valence-corrected chi connectivity index (χ4v) is 7.46. The Morgan fingerprint density at radius 2 is 1.92 bits per heavy atom. The summed E-state index contributed by atoms with van der Waals surface area (Å²) in [5.41, 5.74) is 0.505. The van der Waals surface area contributed by atoms with Gasteiger partial charge < -0.3 is 30.9 Å². The van der Waals surface area contributed by atoms with E-state index in [1.807, 2.05) is 0 Å². The number of nitrogens with two attached hydrogens (primary N) is 1. The molecule has 1 saturated carbocycles. The number of aliphatic hydroxyl groups excluding tert-OH is 2. The molecule has 2 saturated heterocycles. The van der Waals surface area contributed by atoms with E-state index in [0.717, 1.165) is 6.07 Å². The first-order chi connectivity index (χ1) is 18.1. The highest BCUT2D eigenvalue weighted by molar-refractivity contribution is 6.14. The van der Waals surface area contributed by atoms with Crippen LogP contribution in [-0.2, 0) is 26.9 Å². The number of rotatable bonds is 3. The number of carbonyl (C=O) groups excluding carboxylic acids is 2. The number of amides is 1. The van der Waals surface area contributed by atoms with E-state index in [1.165, 1.54) is 4.90 Å². The van der Waals surface area contributed by atoms with Crippen molar-refractivity contribution in [3.05, 3.63) is 45.2 Å². The first-order valence-corrected chi connectivity index (χ1v) is 12.5. The summed E-state index contributed by atoms with van der Waals surface area (Å²) in [5, 5.41) is 44.3. The van der Waals surface area contributed by atoms with E-state index in [1.54, 1.807) is 26.0 Å². The number of aliphatic hydroxyl groups is 3. The number of primary amides is 1. The van der Waals surface area contributed by atoms with Crippen LogP contribution in [-0.4, -0.2) is 87.0 Å². The number of hydrogen-bond donors (Lipinski definition) is 5. The van der Waals surface area contributed by atoms with Crippen LogP contribution >= 0.6 is 0 Å². The summed E-state index contributed by atoms with van der Waals surface area (Å²) in [5.74, 6) is -8.64. The van der Waals surface area contributed by atoms with Crippen molar-refractivity contribution in [3.63, 3.8) is 0 Å². The summed E-state index contributed by atoms with van der Waals surface area (Å²) in [4.78, 5) is 29.4. The average Bonchev–Trinajstić information content (AvgIpc) is 3.42. The first kappa shape index (κ1) is 26.1. The molecule has 6 rings (SSSR count). The van der Waals surface area contributed by atoms with Gasteiger partial charge in [0, 0.05) is 24.1 Å². The van der Waals surface area contributed by atoms with Gasteiger partial charge in [-0.25, -0.2) is 0 Å². The molecule has 6 atom stereocenters. The van der Waals surface area contributed by atoms with E-state index in [0.29, 0.717) is 13.0 Å². The van der Waals surface area contributed by atoms with Crippen LogP contribution in [0.25, 0.3) is 5.76 Å². The molecule has 5 aliphatic rings. The van der Waals surface area contributed by atoms with E-state index in [2.05, 4.69) is 0 Å². The summed E-state index contributed by atoms with van der Waals surface area (Å²) < 4.78 is 49.2. The highest BCUT2D eigenvalue weighted by atomic mass is 19.4. The van der Waals surface area contributed by atoms with Gasteiger partial charge in [0.25, 0.3) is 5.91 Å². The van der Waals surface area contributed by atoms with Crippen molar-refractivity contribution in [1.29, 1.82) is 0 Å². The molecule has 39 heavy (non-hydrogen) atoms. The van der Waals surface area contributed by atoms with Crippen LogP contribution < -0.4 is 5.73 Å². The lowest BCUT2D eigenvalue weighted by Gasteiger charge is -2.46. The van der Waals surface area contributed by atoms with Crippen LogP contribution in [0.15, 0.2) is 23.0 Å². The maximum Gasteiger partial charge on any atom is 0.417 e. The number of ether oxygens (including phenoxy) is 1. The number of fused-ring (bicyclic) bond motifs is 2. The van der Waals surface area contributed by atoms with Crippen LogP contribution in [0.1, 0.15) is 41.1 Å². The maximum atomic E-state index is 14.6. The lowest BCUT2D eigenvalue weighted by molar-refractivity contribution is -0.140. The zero-order chi connectivity index (χ0) is 28.6. The van der Waals surface area contributed by atoms with Gasteiger partial charge in [-0.1, -0.05) is 0 Å². The molecule has 3 aliphatic carbocycles. The molecule has 10 nitrogen and oxygen atoms in total. The third-order valence-electron chi connectivity index (χ3n) is 9.19. The van der Waals surface area contributed by atoms with E-state index in [-0.39, 0.29) is 29.5 Å². The Bertz CT molecular complexity index is 1420. The fourth-order valence-electron chi connectivity index (χ4n) is 7.46. The molecular formula is C26H28F3N3O7. The van der Waals surface area contributed by atoms with E-state index < -0.39 is 87.1 Å². The van der Waals surface area contributed by atoms with Crippen LogP contribution in [0.5, 0.6) is 5.75 Å². The van der Waals surface area contributed by atoms with Gasteiger partial charge in [-0.2, -0.15) is 13.2 Å². The number of epoxide rings is 1. The van der Waals surface area contributed by atoms with E-state index in [4.69, 9.17) is 10.5 Å². The third kappa shape index (κ3) is 3.06. The molecule has 13 heteroatoms. The largest absolute Gasteiger partial charge is 0.510 e. The monoisotopic (exact) mass is 551 g/mol. The number of Topliss-reactive ketones (excluding diaryl/α,β-unsaturated/α-hetero) is 1. The molecule has 3 fully saturated rings. The Kier molecular flexibility index (Phi) is 5.18. The first-order valence-electron chi connectivity index (χ1n) is 12.5. The van der Waals surface area contributed by atoms with Gasteiger partial charge in [-0.05, 0) is 63.5 Å². The molecule has 1 spiro atoms. The van der Waals surface area contributed by atoms with Gasteiger partial charge in [0.2, 0.25) is 11.6 Å². The van der Waals surface area contributed by atoms with Gasteiger partial charge in [0.05, 0.1) is 17.2 Å². The molecule has 6 N–H and O–H groups in total. The number of alkyl halides is 3. The van der Waals surface area contributed by atoms with Crippen LogP contribution in [0.2, 0.25) is 0 Å². The molecule has 1 aromatic rings. The Morgan fingerprint density at radius 3 is 2.44 bits per heavy atom. The number of hydrogen-bond acceptors (Lipinski definition) is 9. The number of carbonyl (C=O) groups is 2. The predicted octanol–water partition coefficient (Wildman–Crippen LogP) is 1.52. The lowest BCUT2D eigenvalue weighted by Crippen LogP contribution is -2.60. The number of phenolic OH excluding ortho intramolecular Hbond substituents is 1. The zero-order valence-electron chi connectivity index (χ0n) is 21.3.